The Bertz CT molecular complexity index is 3770. The fourth-order valence-electron chi connectivity index (χ4n) is 13.5. The largest absolute Gasteiger partial charge is 0.496 e. The minimum atomic E-state index is -0.623. The second kappa shape index (κ2) is 15.6. The highest BCUT2D eigenvalue weighted by Crippen LogP contribution is 2.58. The van der Waals surface area contributed by atoms with E-state index in [1.165, 1.54) is 44.0 Å². The maximum absolute atomic E-state index is 7.16. The molecule has 14 rings (SSSR count). The third kappa shape index (κ3) is 5.90. The summed E-state index contributed by atoms with van der Waals surface area (Å²) in [5, 5.41) is 16.8. The van der Waals surface area contributed by atoms with Gasteiger partial charge in [-0.3, -0.25) is 0 Å². The fourth-order valence-corrected chi connectivity index (χ4v) is 13.5. The summed E-state index contributed by atoms with van der Waals surface area (Å²) >= 11 is 0. The average molecular weight is 971 g/mol. The molecule has 0 radical (unpaired) electrons. The first-order valence-electron chi connectivity index (χ1n) is 25.7. The Labute approximate surface area is 432 Å². The summed E-state index contributed by atoms with van der Waals surface area (Å²) in [5.74, 6) is 3.34. The topological polar surface area (TPSA) is 67.5 Å². The summed E-state index contributed by atoms with van der Waals surface area (Å²) in [5.41, 5.74) is 11.6. The van der Waals surface area contributed by atoms with Crippen molar-refractivity contribution >= 4 is 65.8 Å². The van der Waals surface area contributed by atoms with Crippen molar-refractivity contribution in [2.75, 3.05) is 61.8 Å². The molecule has 10 aromatic carbocycles. The first-order valence-corrected chi connectivity index (χ1v) is 25.7. The van der Waals surface area contributed by atoms with Crippen LogP contribution in [0.4, 0.5) is 22.7 Å². The zero-order chi connectivity index (χ0) is 50.5. The highest BCUT2D eigenvalue weighted by molar-refractivity contribution is 6.11. The molecule has 2 N–H and O–H groups in total. The normalized spacial score (nSPS) is 19.7. The molecule has 0 unspecified atom stereocenters. The molecule has 8 heteroatoms. The van der Waals surface area contributed by atoms with Gasteiger partial charge in [0, 0.05) is 47.4 Å². The summed E-state index contributed by atoms with van der Waals surface area (Å²) in [6, 6.07) is 61.4. The molecule has 0 fully saturated rings. The van der Waals surface area contributed by atoms with Gasteiger partial charge < -0.3 is 39.4 Å². The minimum Gasteiger partial charge on any atom is -0.496 e. The Hall–Kier alpha value is -8.36. The van der Waals surface area contributed by atoms with Gasteiger partial charge in [-0.15, -0.1) is 0 Å². The second-order valence-corrected chi connectivity index (χ2v) is 21.8. The highest BCUT2D eigenvalue weighted by atomic mass is 16.5. The zero-order valence-electron chi connectivity index (χ0n) is 43.1. The van der Waals surface area contributed by atoms with Crippen LogP contribution in [0, 0.1) is 0 Å². The standard InChI is InChI=1S/C66H58N4O4/c1-63(2)51-35-43(19-27-53(51)69(5)65(63)37-67-61-49-15-11-9-13-39(49)21-31-57(61)73-65)41-17-25-47-45(33-41)23-29-55(71-7)59(47)60-48-26-18-42(34-46(48)24-30-56(60)72-8)44-20-28-54-52(36-44)64(3,4)66(70(54)6)38-68-62-50-16-12-10-14-40(50)22-32-58(62)74-66/h9-36,67-68H,37-38H2,1-8H3/t65-,66-/m0/s1. The molecular formula is C66H58N4O4. The van der Waals surface area contributed by atoms with E-state index in [-0.39, 0.29) is 10.8 Å². The number of nitrogens with zero attached hydrogens (tertiary/aromatic N) is 2. The number of nitrogens with one attached hydrogen (secondary N) is 2. The Morgan fingerprint density at radius 2 is 0.811 bits per heavy atom. The number of hydrogen-bond acceptors (Lipinski definition) is 8. The van der Waals surface area contributed by atoms with E-state index in [0.717, 1.165) is 89.3 Å². The zero-order valence-corrected chi connectivity index (χ0v) is 43.1. The molecule has 4 heterocycles. The Morgan fingerprint density at radius 3 is 1.24 bits per heavy atom. The third-order valence-electron chi connectivity index (χ3n) is 17.8. The predicted octanol–water partition coefficient (Wildman–Crippen LogP) is 15.2. The van der Waals surface area contributed by atoms with Crippen LogP contribution >= 0.6 is 0 Å². The SMILES string of the molecule is COc1ccc2cc(-c3ccc4c(c3)C(C)(C)[C@@]3(CNc5c(ccc6ccccc56)O3)N4C)ccc2c1-c1c(OC)ccc2cc(-c3ccc4c(c3)C(C)(C)[C@@]3(CNc5c(ccc6ccccc56)O3)N4C)ccc12. The maximum atomic E-state index is 7.16. The van der Waals surface area contributed by atoms with E-state index in [2.05, 4.69) is 232 Å². The Morgan fingerprint density at radius 1 is 0.419 bits per heavy atom. The van der Waals surface area contributed by atoms with Crippen LogP contribution in [0.5, 0.6) is 23.0 Å². The monoisotopic (exact) mass is 970 g/mol. The van der Waals surface area contributed by atoms with Crippen LogP contribution in [0.15, 0.2) is 170 Å². The van der Waals surface area contributed by atoms with Crippen molar-refractivity contribution in [3.8, 4) is 56.4 Å². The van der Waals surface area contributed by atoms with E-state index >= 15 is 0 Å². The first kappa shape index (κ1) is 44.3. The molecule has 366 valence electrons. The molecule has 4 aliphatic rings. The van der Waals surface area contributed by atoms with Gasteiger partial charge in [0.05, 0.1) is 49.5 Å². The maximum Gasteiger partial charge on any atom is 0.209 e. The highest BCUT2D eigenvalue weighted by Gasteiger charge is 2.61. The summed E-state index contributed by atoms with van der Waals surface area (Å²) < 4.78 is 26.7. The van der Waals surface area contributed by atoms with Crippen LogP contribution in [0.25, 0.3) is 76.5 Å². The summed E-state index contributed by atoms with van der Waals surface area (Å²) in [6.45, 7) is 10.6. The van der Waals surface area contributed by atoms with Crippen molar-refractivity contribution in [1.29, 1.82) is 0 Å². The lowest BCUT2D eigenvalue weighted by Crippen LogP contribution is -2.64. The van der Waals surface area contributed by atoms with Crippen LogP contribution in [0.2, 0.25) is 0 Å². The van der Waals surface area contributed by atoms with Gasteiger partial charge in [-0.2, -0.15) is 0 Å². The number of anilines is 4. The van der Waals surface area contributed by atoms with Gasteiger partial charge in [-0.05, 0) is 154 Å². The van der Waals surface area contributed by atoms with Crippen molar-refractivity contribution in [2.24, 2.45) is 0 Å². The molecule has 4 aliphatic heterocycles. The van der Waals surface area contributed by atoms with Crippen LogP contribution in [-0.2, 0) is 10.8 Å². The quantitative estimate of drug-likeness (QED) is 0.177. The smallest absolute Gasteiger partial charge is 0.209 e. The number of fused-ring (bicyclic) bond motifs is 10. The lowest BCUT2D eigenvalue weighted by atomic mass is 9.76. The summed E-state index contributed by atoms with van der Waals surface area (Å²) in [6.07, 6.45) is 0. The van der Waals surface area contributed by atoms with Crippen molar-refractivity contribution in [2.45, 2.75) is 50.0 Å². The number of benzene rings is 10. The first-order chi connectivity index (χ1) is 35.9. The Balaban J connectivity index is 0.803. The second-order valence-electron chi connectivity index (χ2n) is 21.8. The van der Waals surface area contributed by atoms with Crippen LogP contribution in [0.1, 0.15) is 38.8 Å². The van der Waals surface area contributed by atoms with Crippen molar-refractivity contribution in [3.05, 3.63) is 181 Å². The van der Waals surface area contributed by atoms with Crippen LogP contribution in [-0.4, -0.2) is 52.9 Å². The molecule has 10 aromatic rings. The Kier molecular flexibility index (Phi) is 9.34. The minimum absolute atomic E-state index is 0.353. The number of likely N-dealkylation sites (N-methyl/N-ethyl adjacent to an activating group) is 2. The van der Waals surface area contributed by atoms with Gasteiger partial charge in [0.25, 0.3) is 0 Å². The molecule has 0 saturated carbocycles. The molecular weight excluding hydrogens is 913 g/mol. The molecule has 0 aliphatic carbocycles. The van der Waals surface area contributed by atoms with E-state index in [1.54, 1.807) is 14.2 Å². The molecule has 8 nitrogen and oxygen atoms in total. The van der Waals surface area contributed by atoms with Gasteiger partial charge in [-0.25, -0.2) is 0 Å². The van der Waals surface area contributed by atoms with Gasteiger partial charge in [0.15, 0.2) is 0 Å². The number of hydrogen-bond donors (Lipinski definition) is 2. The summed E-state index contributed by atoms with van der Waals surface area (Å²) in [4.78, 5) is 4.67. The lowest BCUT2D eigenvalue weighted by molar-refractivity contribution is 0.0201. The van der Waals surface area contributed by atoms with Crippen molar-refractivity contribution in [1.82, 2.24) is 0 Å². The van der Waals surface area contributed by atoms with Crippen LogP contribution < -0.4 is 39.4 Å². The van der Waals surface area contributed by atoms with Gasteiger partial charge in [-0.1, -0.05) is 109 Å². The molecule has 2 atom stereocenters. The van der Waals surface area contributed by atoms with Crippen molar-refractivity contribution in [3.63, 3.8) is 0 Å². The van der Waals surface area contributed by atoms with Crippen molar-refractivity contribution < 1.29 is 18.9 Å². The summed E-state index contributed by atoms with van der Waals surface area (Å²) in [7, 11) is 7.84. The fraction of sp³-hybridized carbons (Fsp3) is 0.212. The van der Waals surface area contributed by atoms with E-state index < -0.39 is 11.4 Å². The van der Waals surface area contributed by atoms with E-state index in [0.29, 0.717) is 13.1 Å². The van der Waals surface area contributed by atoms with E-state index in [9.17, 15) is 0 Å². The predicted molar refractivity (Wildman–Crippen MR) is 305 cm³/mol. The van der Waals surface area contributed by atoms with Gasteiger partial charge in [0.2, 0.25) is 11.4 Å². The molecule has 0 amide bonds. The molecule has 0 bridgehead atoms. The molecule has 2 spiro atoms. The van der Waals surface area contributed by atoms with Gasteiger partial charge >= 0.3 is 0 Å². The van der Waals surface area contributed by atoms with Crippen LogP contribution in [0.3, 0.4) is 0 Å². The van der Waals surface area contributed by atoms with Gasteiger partial charge in [0.1, 0.15) is 23.0 Å². The molecule has 0 aromatic heterocycles. The number of rotatable bonds is 5. The number of ether oxygens (including phenoxy) is 4. The average Bonchev–Trinajstić information content (AvgIpc) is 3.69. The lowest BCUT2D eigenvalue weighted by Gasteiger charge is -2.49. The van der Waals surface area contributed by atoms with E-state index in [1.807, 2.05) is 0 Å². The van der Waals surface area contributed by atoms with E-state index in [4.69, 9.17) is 18.9 Å². The third-order valence-corrected chi connectivity index (χ3v) is 17.8. The number of methoxy groups -OCH3 is 2. The molecule has 74 heavy (non-hydrogen) atoms. The molecule has 0 saturated heterocycles.